The summed E-state index contributed by atoms with van der Waals surface area (Å²) < 4.78 is 10.2. The van der Waals surface area contributed by atoms with Crippen LogP contribution in [0.1, 0.15) is 12.7 Å². The zero-order valence-corrected chi connectivity index (χ0v) is 9.87. The minimum atomic E-state index is -1.00. The summed E-state index contributed by atoms with van der Waals surface area (Å²) in [5.74, 6) is -0.500. The lowest BCUT2D eigenvalue weighted by Gasteiger charge is -2.04. The molecule has 0 aliphatic carbocycles. The van der Waals surface area contributed by atoms with E-state index in [0.717, 1.165) is 5.56 Å². The molecular weight excluding hydrogens is 234 g/mol. The van der Waals surface area contributed by atoms with Gasteiger partial charge in [-0.3, -0.25) is 0 Å². The van der Waals surface area contributed by atoms with Crippen molar-refractivity contribution in [2.75, 3.05) is 0 Å². The number of carboxylic acid groups (broad SMARTS) is 1. The van der Waals surface area contributed by atoms with Gasteiger partial charge in [-0.05, 0) is 6.92 Å². The number of hydrogen-bond acceptors (Lipinski definition) is 4. The topological polar surface area (TPSA) is 72.6 Å². The van der Waals surface area contributed by atoms with Crippen LogP contribution in [0.25, 0.3) is 11.3 Å². The molecule has 0 aliphatic rings. The molecule has 94 valence electrons. The largest absolute Gasteiger partial charge is 0.479 e. The van der Waals surface area contributed by atoms with Crippen molar-refractivity contribution in [2.45, 2.75) is 19.6 Å². The lowest BCUT2D eigenvalue weighted by atomic mass is 10.1. The van der Waals surface area contributed by atoms with E-state index in [0.29, 0.717) is 11.5 Å². The molecule has 5 heteroatoms. The monoisotopic (exact) mass is 247 g/mol. The van der Waals surface area contributed by atoms with Gasteiger partial charge in [-0.1, -0.05) is 35.5 Å². The van der Waals surface area contributed by atoms with Gasteiger partial charge in [0.15, 0.2) is 11.9 Å². The fourth-order valence-corrected chi connectivity index (χ4v) is 1.40. The Morgan fingerprint density at radius 1 is 1.44 bits per heavy atom. The summed E-state index contributed by atoms with van der Waals surface area (Å²) in [5.41, 5.74) is 1.65. The van der Waals surface area contributed by atoms with Crippen molar-refractivity contribution >= 4 is 5.97 Å². The molecule has 0 radical (unpaired) electrons. The van der Waals surface area contributed by atoms with Crippen LogP contribution in [0.3, 0.4) is 0 Å². The Hall–Kier alpha value is -2.14. The highest BCUT2D eigenvalue weighted by Gasteiger charge is 2.13. The Bertz CT molecular complexity index is 521. The van der Waals surface area contributed by atoms with E-state index in [1.54, 1.807) is 6.07 Å². The molecule has 1 N–H and O–H groups in total. The number of aliphatic carboxylic acids is 1. The van der Waals surface area contributed by atoms with Crippen LogP contribution in [0, 0.1) is 0 Å². The molecule has 1 aromatic heterocycles. The summed E-state index contributed by atoms with van der Waals surface area (Å²) in [6.45, 7) is 1.56. The van der Waals surface area contributed by atoms with Gasteiger partial charge >= 0.3 is 5.97 Å². The van der Waals surface area contributed by atoms with Crippen LogP contribution in [0.4, 0.5) is 0 Å². The van der Waals surface area contributed by atoms with Crippen molar-refractivity contribution in [2.24, 2.45) is 0 Å². The standard InChI is InChI=1S/C13H13NO4/c1-9(13(15)16)17-8-11-7-12(14-18-11)10-5-3-2-4-6-10/h2-7,9H,8H2,1H3,(H,15,16). The molecule has 0 saturated carbocycles. The molecule has 0 aliphatic heterocycles. The third-order valence-electron chi connectivity index (χ3n) is 2.45. The molecule has 5 nitrogen and oxygen atoms in total. The van der Waals surface area contributed by atoms with Crippen LogP contribution < -0.4 is 0 Å². The first-order valence-electron chi connectivity index (χ1n) is 5.52. The molecule has 2 rings (SSSR count). The number of carbonyl (C=O) groups is 1. The molecule has 0 bridgehead atoms. The van der Waals surface area contributed by atoms with Gasteiger partial charge in [0.1, 0.15) is 12.3 Å². The number of benzene rings is 1. The Kier molecular flexibility index (Phi) is 3.74. The van der Waals surface area contributed by atoms with E-state index in [2.05, 4.69) is 5.16 Å². The number of aromatic nitrogens is 1. The predicted octanol–water partition coefficient (Wildman–Crippen LogP) is 2.33. The first kappa shape index (κ1) is 12.3. The third kappa shape index (κ3) is 2.95. The van der Waals surface area contributed by atoms with E-state index in [1.165, 1.54) is 6.92 Å². The summed E-state index contributed by atoms with van der Waals surface area (Å²) in [4.78, 5) is 10.6. The maximum absolute atomic E-state index is 10.6. The van der Waals surface area contributed by atoms with Gasteiger partial charge in [0.2, 0.25) is 0 Å². The average Bonchev–Trinajstić information content (AvgIpc) is 2.85. The molecule has 0 amide bonds. The van der Waals surface area contributed by atoms with Crippen molar-refractivity contribution in [1.82, 2.24) is 5.16 Å². The molecule has 1 unspecified atom stereocenters. The van der Waals surface area contributed by atoms with Crippen LogP contribution in [0.2, 0.25) is 0 Å². The molecular formula is C13H13NO4. The van der Waals surface area contributed by atoms with Gasteiger partial charge < -0.3 is 14.4 Å². The molecule has 1 atom stereocenters. The second-order valence-electron chi connectivity index (χ2n) is 3.84. The summed E-state index contributed by atoms with van der Waals surface area (Å²) in [6, 6.07) is 11.3. The van der Waals surface area contributed by atoms with Crippen molar-refractivity contribution in [3.8, 4) is 11.3 Å². The Balaban J connectivity index is 2.01. The highest BCUT2D eigenvalue weighted by atomic mass is 16.5. The fraction of sp³-hybridized carbons (Fsp3) is 0.231. The van der Waals surface area contributed by atoms with Gasteiger partial charge in [-0.15, -0.1) is 0 Å². The molecule has 18 heavy (non-hydrogen) atoms. The smallest absolute Gasteiger partial charge is 0.332 e. The minimum Gasteiger partial charge on any atom is -0.479 e. The van der Waals surface area contributed by atoms with Crippen LogP contribution in [-0.2, 0) is 16.1 Å². The second-order valence-corrected chi connectivity index (χ2v) is 3.84. The third-order valence-corrected chi connectivity index (χ3v) is 2.45. The Morgan fingerprint density at radius 3 is 2.83 bits per heavy atom. The fourth-order valence-electron chi connectivity index (χ4n) is 1.40. The Labute approximate surface area is 104 Å². The van der Waals surface area contributed by atoms with Gasteiger partial charge in [0.25, 0.3) is 0 Å². The van der Waals surface area contributed by atoms with Crippen LogP contribution in [0.5, 0.6) is 0 Å². The summed E-state index contributed by atoms with van der Waals surface area (Å²) in [5, 5.41) is 12.6. The van der Waals surface area contributed by atoms with Crippen molar-refractivity contribution in [1.29, 1.82) is 0 Å². The number of nitrogens with zero attached hydrogens (tertiary/aromatic N) is 1. The van der Waals surface area contributed by atoms with Crippen molar-refractivity contribution in [3.05, 3.63) is 42.2 Å². The summed E-state index contributed by atoms with van der Waals surface area (Å²) >= 11 is 0. The zero-order valence-electron chi connectivity index (χ0n) is 9.87. The molecule has 1 heterocycles. The van der Waals surface area contributed by atoms with E-state index in [1.807, 2.05) is 30.3 Å². The summed E-state index contributed by atoms with van der Waals surface area (Å²) in [7, 11) is 0. The first-order chi connectivity index (χ1) is 8.66. The van der Waals surface area contributed by atoms with Gasteiger partial charge in [-0.25, -0.2) is 4.79 Å². The lowest BCUT2D eigenvalue weighted by Crippen LogP contribution is -2.19. The first-order valence-corrected chi connectivity index (χ1v) is 5.52. The average molecular weight is 247 g/mol. The van der Waals surface area contributed by atoms with E-state index in [9.17, 15) is 4.79 Å². The predicted molar refractivity (Wildman–Crippen MR) is 63.8 cm³/mol. The Morgan fingerprint density at radius 2 is 2.17 bits per heavy atom. The molecule has 0 spiro atoms. The maximum atomic E-state index is 10.6. The number of hydrogen-bond donors (Lipinski definition) is 1. The molecule has 2 aromatic rings. The van der Waals surface area contributed by atoms with E-state index in [-0.39, 0.29) is 6.61 Å². The van der Waals surface area contributed by atoms with Crippen LogP contribution in [-0.4, -0.2) is 22.3 Å². The second kappa shape index (κ2) is 5.46. The molecule has 1 aromatic carbocycles. The van der Waals surface area contributed by atoms with E-state index < -0.39 is 12.1 Å². The van der Waals surface area contributed by atoms with E-state index in [4.69, 9.17) is 14.4 Å². The molecule has 0 fully saturated rings. The van der Waals surface area contributed by atoms with Crippen molar-refractivity contribution in [3.63, 3.8) is 0 Å². The highest BCUT2D eigenvalue weighted by molar-refractivity contribution is 5.71. The number of rotatable bonds is 5. The van der Waals surface area contributed by atoms with Gasteiger partial charge in [0.05, 0.1) is 0 Å². The normalized spacial score (nSPS) is 12.3. The van der Waals surface area contributed by atoms with Crippen LogP contribution >= 0.6 is 0 Å². The zero-order chi connectivity index (χ0) is 13.0. The van der Waals surface area contributed by atoms with Crippen LogP contribution in [0.15, 0.2) is 40.9 Å². The quantitative estimate of drug-likeness (QED) is 0.877. The molecule has 0 saturated heterocycles. The number of carboxylic acids is 1. The van der Waals surface area contributed by atoms with Gasteiger partial charge in [-0.2, -0.15) is 0 Å². The van der Waals surface area contributed by atoms with Crippen molar-refractivity contribution < 1.29 is 19.2 Å². The van der Waals surface area contributed by atoms with E-state index >= 15 is 0 Å². The van der Waals surface area contributed by atoms with Gasteiger partial charge in [0, 0.05) is 11.6 Å². The maximum Gasteiger partial charge on any atom is 0.332 e. The lowest BCUT2D eigenvalue weighted by molar-refractivity contribution is -0.150. The SMILES string of the molecule is CC(OCc1cc(-c2ccccc2)no1)C(=O)O. The highest BCUT2D eigenvalue weighted by Crippen LogP contribution is 2.19. The minimum absolute atomic E-state index is 0.0906. The summed E-state index contributed by atoms with van der Waals surface area (Å²) in [6.07, 6.45) is -0.865. The number of ether oxygens (including phenoxy) is 1.